The molecule has 0 aromatic heterocycles. The zero-order valence-corrected chi connectivity index (χ0v) is 15.9. The van der Waals surface area contributed by atoms with Crippen molar-refractivity contribution < 1.29 is 14.7 Å². The van der Waals surface area contributed by atoms with Crippen molar-refractivity contribution in [3.05, 3.63) is 0 Å². The molecule has 0 radical (unpaired) electrons. The van der Waals surface area contributed by atoms with Crippen LogP contribution in [0.25, 0.3) is 0 Å². The molecule has 2 amide bonds. The maximum atomic E-state index is 12.5. The minimum Gasteiger partial charge on any atom is -0.480 e. The maximum Gasteiger partial charge on any atom is 0.317 e. The highest BCUT2D eigenvalue weighted by Crippen LogP contribution is 2.31. The summed E-state index contributed by atoms with van der Waals surface area (Å²) in [5.74, 6) is 0.611. The lowest BCUT2D eigenvalue weighted by Crippen LogP contribution is -2.51. The first kappa shape index (κ1) is 20.0. The third-order valence-corrected chi connectivity index (χ3v) is 6.12. The van der Waals surface area contributed by atoms with E-state index < -0.39 is 5.97 Å². The molecule has 0 aromatic rings. The van der Waals surface area contributed by atoms with Gasteiger partial charge in [-0.1, -0.05) is 39.5 Å². The van der Waals surface area contributed by atoms with Crippen molar-refractivity contribution in [1.82, 2.24) is 15.1 Å². The van der Waals surface area contributed by atoms with Gasteiger partial charge in [-0.15, -0.1) is 0 Å². The third-order valence-electron chi connectivity index (χ3n) is 6.12. The number of carboxylic acid groups (broad SMARTS) is 1. The van der Waals surface area contributed by atoms with Crippen LogP contribution in [0.15, 0.2) is 0 Å². The minimum atomic E-state index is -0.778. The SMILES string of the molecule is CCC1CCCCC1CNC(=O)N1CCC(N(CC)CC(=O)O)CC1. The molecule has 6 nitrogen and oxygen atoms in total. The number of nitrogens with one attached hydrogen (secondary N) is 1. The summed E-state index contributed by atoms with van der Waals surface area (Å²) in [6, 6.07) is 0.327. The van der Waals surface area contributed by atoms with E-state index in [1.54, 1.807) is 0 Å². The average molecular weight is 354 g/mol. The molecule has 1 saturated carbocycles. The van der Waals surface area contributed by atoms with Crippen LogP contribution >= 0.6 is 0 Å². The van der Waals surface area contributed by atoms with Crippen molar-refractivity contribution in [3.63, 3.8) is 0 Å². The summed E-state index contributed by atoms with van der Waals surface area (Å²) < 4.78 is 0. The van der Waals surface area contributed by atoms with Gasteiger partial charge >= 0.3 is 12.0 Å². The van der Waals surface area contributed by atoms with Gasteiger partial charge in [0.1, 0.15) is 0 Å². The van der Waals surface area contributed by atoms with Crippen LogP contribution in [-0.2, 0) is 4.79 Å². The smallest absolute Gasteiger partial charge is 0.317 e. The fourth-order valence-corrected chi connectivity index (χ4v) is 4.53. The Morgan fingerprint density at radius 3 is 2.28 bits per heavy atom. The van der Waals surface area contributed by atoms with Gasteiger partial charge < -0.3 is 15.3 Å². The molecule has 1 saturated heterocycles. The van der Waals surface area contributed by atoms with Gasteiger partial charge in [0.2, 0.25) is 0 Å². The molecular formula is C19H35N3O3. The largest absolute Gasteiger partial charge is 0.480 e. The number of carbonyl (C=O) groups excluding carboxylic acids is 1. The number of aliphatic carboxylic acids is 1. The van der Waals surface area contributed by atoms with E-state index in [9.17, 15) is 9.59 Å². The van der Waals surface area contributed by atoms with Crippen LogP contribution in [0.4, 0.5) is 4.79 Å². The Labute approximate surface area is 151 Å². The van der Waals surface area contributed by atoms with Gasteiger partial charge in [-0.3, -0.25) is 9.69 Å². The number of hydrogen-bond acceptors (Lipinski definition) is 3. The average Bonchev–Trinajstić information content (AvgIpc) is 2.64. The zero-order chi connectivity index (χ0) is 18.2. The summed E-state index contributed by atoms with van der Waals surface area (Å²) in [5, 5.41) is 12.2. The lowest BCUT2D eigenvalue weighted by Gasteiger charge is -2.38. The Kier molecular flexibility index (Phi) is 8.00. The molecule has 0 spiro atoms. The van der Waals surface area contributed by atoms with E-state index >= 15 is 0 Å². The van der Waals surface area contributed by atoms with Crippen LogP contribution in [0.3, 0.4) is 0 Å². The standard InChI is InChI=1S/C19H35N3O3/c1-3-15-7-5-6-8-16(15)13-20-19(25)22-11-9-17(10-12-22)21(4-2)14-18(23)24/h15-17H,3-14H2,1-2H3,(H,20,25)(H,23,24). The van der Waals surface area contributed by atoms with Crippen molar-refractivity contribution in [3.8, 4) is 0 Å². The molecule has 2 N–H and O–H groups in total. The lowest BCUT2D eigenvalue weighted by molar-refractivity contribution is -0.139. The number of nitrogens with zero attached hydrogens (tertiary/aromatic N) is 2. The molecule has 2 unspecified atom stereocenters. The van der Waals surface area contributed by atoms with E-state index in [1.807, 2.05) is 16.7 Å². The van der Waals surface area contributed by atoms with Crippen LogP contribution < -0.4 is 5.32 Å². The quantitative estimate of drug-likeness (QED) is 0.738. The van der Waals surface area contributed by atoms with E-state index in [2.05, 4.69) is 12.2 Å². The molecule has 2 atom stereocenters. The van der Waals surface area contributed by atoms with E-state index in [1.165, 1.54) is 32.1 Å². The number of piperidine rings is 1. The van der Waals surface area contributed by atoms with E-state index in [4.69, 9.17) is 5.11 Å². The van der Waals surface area contributed by atoms with Gasteiger partial charge in [0.15, 0.2) is 0 Å². The Morgan fingerprint density at radius 1 is 1.08 bits per heavy atom. The Morgan fingerprint density at radius 2 is 1.72 bits per heavy atom. The van der Waals surface area contributed by atoms with Crippen molar-refractivity contribution >= 4 is 12.0 Å². The van der Waals surface area contributed by atoms with E-state index in [0.29, 0.717) is 19.0 Å². The van der Waals surface area contributed by atoms with Crippen LogP contribution in [-0.4, -0.2) is 65.7 Å². The van der Waals surface area contributed by atoms with Gasteiger partial charge in [-0.2, -0.15) is 0 Å². The molecule has 1 aliphatic carbocycles. The predicted octanol–water partition coefficient (Wildman–Crippen LogP) is 2.78. The van der Waals surface area contributed by atoms with Crippen molar-refractivity contribution in [2.45, 2.75) is 64.8 Å². The predicted molar refractivity (Wildman–Crippen MR) is 98.6 cm³/mol. The number of carbonyl (C=O) groups is 2. The molecule has 0 bridgehead atoms. The third kappa shape index (κ3) is 5.87. The normalized spacial score (nSPS) is 25.2. The second kappa shape index (κ2) is 10.00. The number of hydrogen-bond donors (Lipinski definition) is 2. The number of carboxylic acids is 1. The topological polar surface area (TPSA) is 72.9 Å². The molecule has 144 valence electrons. The lowest BCUT2D eigenvalue weighted by atomic mass is 9.78. The van der Waals surface area contributed by atoms with E-state index in [0.717, 1.165) is 31.8 Å². The van der Waals surface area contributed by atoms with Crippen LogP contribution in [0.2, 0.25) is 0 Å². The van der Waals surface area contributed by atoms with Crippen LogP contribution in [0.1, 0.15) is 58.8 Å². The fourth-order valence-electron chi connectivity index (χ4n) is 4.53. The van der Waals surface area contributed by atoms with Crippen LogP contribution in [0.5, 0.6) is 0 Å². The van der Waals surface area contributed by atoms with E-state index in [-0.39, 0.29) is 18.6 Å². The highest BCUT2D eigenvalue weighted by Gasteiger charge is 2.28. The number of likely N-dealkylation sites (N-methyl/N-ethyl adjacent to an activating group) is 1. The minimum absolute atomic E-state index is 0.0557. The first-order chi connectivity index (χ1) is 12.0. The molecule has 1 aliphatic heterocycles. The second-order valence-corrected chi connectivity index (χ2v) is 7.57. The zero-order valence-electron chi connectivity index (χ0n) is 15.9. The summed E-state index contributed by atoms with van der Waals surface area (Å²) in [6.45, 7) is 7.32. The molecule has 2 aliphatic rings. The fraction of sp³-hybridized carbons (Fsp3) is 0.895. The Balaban J connectivity index is 1.74. The van der Waals surface area contributed by atoms with Gasteiger partial charge in [0.05, 0.1) is 6.54 Å². The summed E-state index contributed by atoms with van der Waals surface area (Å²) >= 11 is 0. The molecule has 1 heterocycles. The number of amides is 2. The first-order valence-corrected chi connectivity index (χ1v) is 10.0. The summed E-state index contributed by atoms with van der Waals surface area (Å²) in [4.78, 5) is 27.3. The van der Waals surface area contributed by atoms with Gasteiger partial charge in [-0.05, 0) is 37.6 Å². The first-order valence-electron chi connectivity index (χ1n) is 10.0. The Hall–Kier alpha value is -1.30. The maximum absolute atomic E-state index is 12.5. The van der Waals surface area contributed by atoms with Gasteiger partial charge in [0, 0.05) is 25.7 Å². The summed E-state index contributed by atoms with van der Waals surface area (Å²) in [6.07, 6.45) is 8.09. The molecule has 25 heavy (non-hydrogen) atoms. The molecule has 2 fully saturated rings. The van der Waals surface area contributed by atoms with Crippen molar-refractivity contribution in [2.24, 2.45) is 11.8 Å². The van der Waals surface area contributed by atoms with Gasteiger partial charge in [-0.25, -0.2) is 4.79 Å². The van der Waals surface area contributed by atoms with Crippen LogP contribution in [0, 0.1) is 11.8 Å². The van der Waals surface area contributed by atoms with Crippen molar-refractivity contribution in [1.29, 1.82) is 0 Å². The van der Waals surface area contributed by atoms with Gasteiger partial charge in [0.25, 0.3) is 0 Å². The second-order valence-electron chi connectivity index (χ2n) is 7.57. The summed E-state index contributed by atoms with van der Waals surface area (Å²) in [7, 11) is 0. The Bertz CT molecular complexity index is 436. The number of likely N-dealkylation sites (tertiary alicyclic amines) is 1. The van der Waals surface area contributed by atoms with Crippen molar-refractivity contribution in [2.75, 3.05) is 32.7 Å². The molecule has 6 heteroatoms. The summed E-state index contributed by atoms with van der Waals surface area (Å²) in [5.41, 5.74) is 0. The molecule has 0 aromatic carbocycles. The molecular weight excluding hydrogens is 318 g/mol. The number of rotatable bonds is 7. The monoisotopic (exact) mass is 353 g/mol. The highest BCUT2D eigenvalue weighted by atomic mass is 16.4. The number of urea groups is 1. The molecule has 2 rings (SSSR count). The highest BCUT2D eigenvalue weighted by molar-refractivity contribution is 5.74.